The third kappa shape index (κ3) is 6.00. The maximum Gasteiger partial charge on any atom is 0.328 e. The zero-order valence-electron chi connectivity index (χ0n) is 24.3. The first-order valence-corrected chi connectivity index (χ1v) is 14.7. The van der Waals surface area contributed by atoms with Crippen molar-refractivity contribution in [2.24, 2.45) is 4.99 Å². The van der Waals surface area contributed by atoms with Gasteiger partial charge in [-0.05, 0) is 86.3 Å². The van der Waals surface area contributed by atoms with Crippen molar-refractivity contribution in [1.29, 1.82) is 0 Å². The molecular weight excluding hydrogens is 560 g/mol. The van der Waals surface area contributed by atoms with Crippen molar-refractivity contribution in [2.45, 2.75) is 31.6 Å². The van der Waals surface area contributed by atoms with Crippen LogP contribution in [0.4, 0.5) is 21.9 Å². The Bertz CT molecular complexity index is 1690. The number of aryl methyl sites for hydroxylation is 1. The van der Waals surface area contributed by atoms with Gasteiger partial charge in [-0.15, -0.1) is 0 Å². The number of likely N-dealkylation sites (tertiary alicyclic amines) is 1. The number of likely N-dealkylation sites (N-methyl/N-ethyl adjacent to an activating group) is 1. The summed E-state index contributed by atoms with van der Waals surface area (Å²) < 4.78 is 0. The van der Waals surface area contributed by atoms with Gasteiger partial charge in [-0.25, -0.2) is 4.79 Å². The van der Waals surface area contributed by atoms with E-state index < -0.39 is 22.8 Å². The van der Waals surface area contributed by atoms with E-state index in [1.54, 1.807) is 36.4 Å². The van der Waals surface area contributed by atoms with Crippen LogP contribution in [0.1, 0.15) is 47.4 Å². The molecule has 11 nitrogen and oxygen atoms in total. The molecule has 3 aliphatic heterocycles. The van der Waals surface area contributed by atoms with Gasteiger partial charge < -0.3 is 15.5 Å². The fourth-order valence-electron chi connectivity index (χ4n) is 5.86. The molecule has 3 aromatic rings. The van der Waals surface area contributed by atoms with Crippen molar-refractivity contribution in [3.8, 4) is 0 Å². The maximum atomic E-state index is 13.3. The third-order valence-corrected chi connectivity index (χ3v) is 8.27. The summed E-state index contributed by atoms with van der Waals surface area (Å²) >= 11 is 0. The summed E-state index contributed by atoms with van der Waals surface area (Å²) in [6.45, 7) is 3.43. The minimum atomic E-state index is -0.852. The molecule has 2 fully saturated rings. The Morgan fingerprint density at radius 2 is 1.73 bits per heavy atom. The second-order valence-corrected chi connectivity index (χ2v) is 11.2. The summed E-state index contributed by atoms with van der Waals surface area (Å²) in [6, 6.07) is 18.9. The van der Waals surface area contributed by atoms with Gasteiger partial charge in [-0.2, -0.15) is 0 Å². The highest BCUT2D eigenvalue weighted by Gasteiger charge is 2.37. The number of nitro benzene ring substituents is 1. The van der Waals surface area contributed by atoms with Gasteiger partial charge in [-0.1, -0.05) is 36.4 Å². The van der Waals surface area contributed by atoms with Crippen LogP contribution < -0.4 is 10.6 Å². The van der Waals surface area contributed by atoms with Crippen molar-refractivity contribution in [1.82, 2.24) is 15.1 Å². The number of nitrogens with zero attached hydrogens (tertiary/aromatic N) is 4. The highest BCUT2D eigenvalue weighted by molar-refractivity contribution is 6.24. The summed E-state index contributed by atoms with van der Waals surface area (Å²) in [4.78, 5) is 56.9. The number of urea groups is 1. The average Bonchev–Trinajstić information content (AvgIpc) is 3.72. The standard InChI is InChI=1S/C33H32N6O5/c1-37-32(41)28(36-33(37)42)19-22-8-12-24(13-9-22)34-30(29-26-20-25(39(43)44)14-15-27(26)35-31(29)40)23-10-6-21(7-11-23)5-4-18-38-16-2-3-17-38/h6-15,19-20,29H,2-5,16-18H2,1H3,(H,35,40)(H,36,42). The zero-order chi connectivity index (χ0) is 30.8. The Balaban J connectivity index is 1.31. The van der Waals surface area contributed by atoms with E-state index in [0.29, 0.717) is 28.2 Å². The lowest BCUT2D eigenvalue weighted by Gasteiger charge is -2.15. The molecular formula is C33H32N6O5. The van der Waals surface area contributed by atoms with Gasteiger partial charge in [-0.3, -0.25) is 29.6 Å². The third-order valence-electron chi connectivity index (χ3n) is 8.27. The molecule has 1 atom stereocenters. The number of imide groups is 1. The first kappa shape index (κ1) is 28.9. The number of fused-ring (bicyclic) bond motifs is 1. The van der Waals surface area contributed by atoms with E-state index in [1.165, 1.54) is 50.7 Å². The van der Waals surface area contributed by atoms with Crippen molar-refractivity contribution in [3.05, 3.63) is 105 Å². The number of anilines is 1. The number of aliphatic imine (C=N–C) groups is 1. The van der Waals surface area contributed by atoms with E-state index in [9.17, 15) is 24.5 Å². The van der Waals surface area contributed by atoms with Gasteiger partial charge in [0.25, 0.3) is 11.6 Å². The number of non-ortho nitro benzene ring substituents is 1. The number of carbonyl (C=O) groups is 3. The first-order chi connectivity index (χ1) is 21.3. The van der Waals surface area contributed by atoms with E-state index in [2.05, 4.69) is 27.7 Å². The highest BCUT2D eigenvalue weighted by atomic mass is 16.6. The van der Waals surface area contributed by atoms with Crippen LogP contribution >= 0.6 is 0 Å². The van der Waals surface area contributed by atoms with Gasteiger partial charge in [0.2, 0.25) is 5.91 Å². The molecule has 0 spiro atoms. The summed E-state index contributed by atoms with van der Waals surface area (Å²) in [7, 11) is 1.41. The highest BCUT2D eigenvalue weighted by Crippen LogP contribution is 2.38. The van der Waals surface area contributed by atoms with Crippen molar-refractivity contribution >= 4 is 46.7 Å². The number of hydrogen-bond donors (Lipinski definition) is 2. The SMILES string of the molecule is CN1C(=O)NC(=Cc2ccc(N=C(c3ccc(CCCN4CCCC4)cc3)C3C(=O)Nc4ccc([N+](=O)[O-])cc43)cc2)C1=O. The molecule has 0 radical (unpaired) electrons. The lowest BCUT2D eigenvalue weighted by molar-refractivity contribution is -0.384. The fraction of sp³-hybridized carbons (Fsp3) is 0.273. The maximum absolute atomic E-state index is 13.3. The van der Waals surface area contributed by atoms with Crippen LogP contribution in [0.15, 0.2) is 77.4 Å². The topological polar surface area (TPSA) is 137 Å². The Hall–Kier alpha value is -5.16. The van der Waals surface area contributed by atoms with Crippen molar-refractivity contribution in [2.75, 3.05) is 32.0 Å². The van der Waals surface area contributed by atoms with E-state index in [0.717, 1.165) is 29.8 Å². The minimum absolute atomic E-state index is 0.102. The molecule has 3 aromatic carbocycles. The summed E-state index contributed by atoms with van der Waals surface area (Å²) in [6.07, 6.45) is 6.14. The molecule has 0 saturated carbocycles. The fourth-order valence-corrected chi connectivity index (χ4v) is 5.86. The molecule has 0 bridgehead atoms. The number of nitro groups is 1. The summed E-state index contributed by atoms with van der Waals surface area (Å²) in [5.41, 5.74) is 4.73. The smallest absolute Gasteiger partial charge is 0.325 e. The lowest BCUT2D eigenvalue weighted by Crippen LogP contribution is -2.25. The van der Waals surface area contributed by atoms with Crippen LogP contribution in [0.5, 0.6) is 0 Å². The monoisotopic (exact) mass is 592 g/mol. The van der Waals surface area contributed by atoms with Crippen LogP contribution in [0.25, 0.3) is 6.08 Å². The molecule has 2 saturated heterocycles. The second kappa shape index (κ2) is 12.2. The number of rotatable bonds is 9. The van der Waals surface area contributed by atoms with Crippen LogP contribution in [0.3, 0.4) is 0 Å². The quantitative estimate of drug-likeness (QED) is 0.118. The number of nitrogens with one attached hydrogen (secondary N) is 2. The van der Waals surface area contributed by atoms with E-state index in [-0.39, 0.29) is 17.3 Å². The zero-order valence-corrected chi connectivity index (χ0v) is 24.3. The Labute approximate surface area is 254 Å². The first-order valence-electron chi connectivity index (χ1n) is 14.7. The van der Waals surface area contributed by atoms with E-state index in [4.69, 9.17) is 4.99 Å². The summed E-state index contributed by atoms with van der Waals surface area (Å²) in [5.74, 6) is -1.58. The molecule has 2 N–H and O–H groups in total. The van der Waals surface area contributed by atoms with Gasteiger partial charge >= 0.3 is 6.03 Å². The largest absolute Gasteiger partial charge is 0.328 e. The van der Waals surface area contributed by atoms with Crippen molar-refractivity contribution < 1.29 is 19.3 Å². The molecule has 11 heteroatoms. The lowest BCUT2D eigenvalue weighted by atomic mass is 9.89. The number of benzene rings is 3. The number of amides is 4. The molecule has 0 aromatic heterocycles. The van der Waals surface area contributed by atoms with Crippen LogP contribution in [0.2, 0.25) is 0 Å². The molecule has 3 heterocycles. The van der Waals surface area contributed by atoms with Crippen LogP contribution in [-0.4, -0.2) is 65.0 Å². The molecule has 44 heavy (non-hydrogen) atoms. The molecule has 4 amide bonds. The predicted molar refractivity (Wildman–Crippen MR) is 167 cm³/mol. The van der Waals surface area contributed by atoms with E-state index >= 15 is 0 Å². The van der Waals surface area contributed by atoms with Crippen LogP contribution in [0, 0.1) is 10.1 Å². The van der Waals surface area contributed by atoms with Gasteiger partial charge in [0.15, 0.2) is 0 Å². The Kier molecular flexibility index (Phi) is 8.03. The number of carbonyl (C=O) groups excluding carboxylic acids is 3. The Morgan fingerprint density at radius 3 is 2.39 bits per heavy atom. The number of hydrogen-bond acceptors (Lipinski definition) is 7. The minimum Gasteiger partial charge on any atom is -0.325 e. The van der Waals surface area contributed by atoms with Gasteiger partial charge in [0, 0.05) is 30.4 Å². The predicted octanol–water partition coefficient (Wildman–Crippen LogP) is 5.00. The average molecular weight is 593 g/mol. The normalized spacial score (nSPS) is 19.4. The molecule has 0 aliphatic carbocycles. The molecule has 3 aliphatic rings. The van der Waals surface area contributed by atoms with E-state index in [1.807, 2.05) is 12.1 Å². The van der Waals surface area contributed by atoms with Gasteiger partial charge in [0.1, 0.15) is 11.6 Å². The Morgan fingerprint density at radius 1 is 1.00 bits per heavy atom. The summed E-state index contributed by atoms with van der Waals surface area (Å²) in [5, 5.41) is 16.9. The molecule has 1 unspecified atom stereocenters. The van der Waals surface area contributed by atoms with Crippen molar-refractivity contribution in [3.63, 3.8) is 0 Å². The van der Waals surface area contributed by atoms with Gasteiger partial charge in [0.05, 0.1) is 16.3 Å². The second-order valence-electron chi connectivity index (χ2n) is 11.2. The molecule has 224 valence electrons. The van der Waals surface area contributed by atoms with Crippen LogP contribution in [-0.2, 0) is 16.0 Å². The molecule has 6 rings (SSSR count).